The molecule has 2 fully saturated rings. The average molecular weight is 1360 g/mol. The SMILES string of the molecule is COc1ccc(C[C@@H]2NC(=O)[C@H]([C@@H](C)O)NC(=O)[C@@H]3C[C@H](F)CN3C(=O)[C@H](CC3=CCc4ccc(F)cc43)NC(=O)[C@H](Cc3c[nH]c4ccc(F)cc34)CC(=O)[C@@H](C)NC(=O)[C@H](CC(C)=O)CCC(=O)NCCOc3ccc(cc3)C[C@@H](C(N)=O)CC(=O)[C@]3(C)CCCN3C2=O)cc1. The zero-order chi connectivity index (χ0) is 70.7. The van der Waals surface area contributed by atoms with Crippen LogP contribution in [0.5, 0.6) is 11.5 Å². The molecular formula is C72H84F3N9O14. The zero-order valence-corrected chi connectivity index (χ0v) is 55.4. The van der Waals surface area contributed by atoms with Crippen LogP contribution in [0.25, 0.3) is 16.5 Å². The number of H-pyrrole nitrogens is 1. The summed E-state index contributed by atoms with van der Waals surface area (Å²) in [6, 6.07) is 13.2. The number of aliphatic hydroxyl groups is 1. The number of alkyl halides is 1. The molecule has 522 valence electrons. The van der Waals surface area contributed by atoms with E-state index in [0.717, 1.165) is 4.90 Å². The number of rotatable bonds is 11. The van der Waals surface area contributed by atoms with Crippen LogP contribution >= 0.6 is 0 Å². The van der Waals surface area contributed by atoms with Crippen LogP contribution in [0.4, 0.5) is 13.2 Å². The Morgan fingerprint density at radius 1 is 0.806 bits per heavy atom. The molecule has 1 aromatic heterocycles. The number of nitrogens with two attached hydrogens (primary N) is 1. The van der Waals surface area contributed by atoms with Crippen molar-refractivity contribution in [2.45, 2.75) is 159 Å². The van der Waals surface area contributed by atoms with Crippen LogP contribution in [0.1, 0.15) is 113 Å². The zero-order valence-electron chi connectivity index (χ0n) is 55.4. The highest BCUT2D eigenvalue weighted by atomic mass is 19.1. The van der Waals surface area contributed by atoms with Gasteiger partial charge in [-0.25, -0.2) is 13.2 Å². The summed E-state index contributed by atoms with van der Waals surface area (Å²) in [5, 5.41) is 25.0. The van der Waals surface area contributed by atoms with Crippen molar-refractivity contribution in [2.24, 2.45) is 23.5 Å². The molecule has 10 rings (SSSR count). The van der Waals surface area contributed by atoms with E-state index < -0.39 is 156 Å². The highest BCUT2D eigenvalue weighted by Crippen LogP contribution is 2.36. The second kappa shape index (κ2) is 32.1. The number of methoxy groups -OCH3 is 1. The van der Waals surface area contributed by atoms with Crippen molar-refractivity contribution in [1.29, 1.82) is 0 Å². The number of halogens is 3. The minimum absolute atomic E-state index is 0.0100. The van der Waals surface area contributed by atoms with Crippen molar-refractivity contribution in [3.8, 4) is 11.5 Å². The van der Waals surface area contributed by atoms with Gasteiger partial charge in [-0.05, 0) is 154 Å². The number of ether oxygens (including phenoxy) is 2. The molecule has 98 heavy (non-hydrogen) atoms. The summed E-state index contributed by atoms with van der Waals surface area (Å²) in [7, 11) is 1.46. The molecule has 1 aliphatic carbocycles. The standard InChI is InChI=1S/C72H84F3N9O14/c1-39(85)27-46-14-22-63(89)77-24-26-98-54-19-9-42(10-20-54)28-47(65(76)90)33-62(88)72(4)23-6-25-84(72)71(96)58(29-43-7-17-53(97-5)18-8-43)81-69(94)64(41(3)86)82-68(93)60-36-52(75)38-83(60)70(95)59(31-45-12-11-44-13-15-50(73)34-55(44)45)80-67(92)48(32-61(87)40(2)79-66(46)91)30-49-37-78-57-21-16-51(74)35-56(49)57/h7-10,12-13,15-21,34-35,37,40-41,46-48,52,58-60,64,78,86H,6,11,14,22-33,36,38H2,1-5H3,(H2,76,90)(H,77,89)(H,79,91)(H,80,92)(H,81,94)(H,82,93)/t40-,41-,46+,47-,48-,52+,58+,59+,60+,64+,72+/m1/s1. The molecule has 4 aromatic carbocycles. The third kappa shape index (κ3) is 17.9. The fourth-order valence-corrected chi connectivity index (χ4v) is 13.5. The van der Waals surface area contributed by atoms with E-state index in [9.17, 15) is 47.9 Å². The van der Waals surface area contributed by atoms with Crippen molar-refractivity contribution in [2.75, 3.05) is 33.4 Å². The quantitative estimate of drug-likeness (QED) is 0.0890. The minimum atomic E-state index is -1.87. The summed E-state index contributed by atoms with van der Waals surface area (Å²) in [5.74, 6) is -12.2. The molecule has 2 bridgehead atoms. The predicted octanol–water partition coefficient (Wildman–Crippen LogP) is 4.69. The lowest BCUT2D eigenvalue weighted by Crippen LogP contribution is -2.62. The topological polar surface area (TPSA) is 335 Å². The molecule has 0 saturated carbocycles. The monoisotopic (exact) mass is 1360 g/mol. The number of carbonyl (C=O) groups excluding carboxylic acids is 11. The van der Waals surface area contributed by atoms with Gasteiger partial charge in [-0.1, -0.05) is 36.4 Å². The number of hydrogen-bond donors (Lipinski definition) is 8. The van der Waals surface area contributed by atoms with E-state index in [1.807, 2.05) is 0 Å². The van der Waals surface area contributed by atoms with Crippen LogP contribution < -0.4 is 41.8 Å². The maximum absolute atomic E-state index is 16.1. The smallest absolute Gasteiger partial charge is 0.246 e. The van der Waals surface area contributed by atoms with Crippen molar-refractivity contribution in [3.63, 3.8) is 0 Å². The Morgan fingerprint density at radius 2 is 1.50 bits per heavy atom. The molecule has 5 heterocycles. The van der Waals surface area contributed by atoms with Gasteiger partial charge >= 0.3 is 0 Å². The molecule has 0 spiro atoms. The molecule has 4 aliphatic heterocycles. The van der Waals surface area contributed by atoms with Gasteiger partial charge in [-0.2, -0.15) is 0 Å². The van der Waals surface area contributed by atoms with Gasteiger partial charge in [-0.3, -0.25) is 47.9 Å². The number of carbonyl (C=O) groups is 11. The number of aliphatic hydroxyl groups excluding tert-OH is 1. The Kier molecular flexibility index (Phi) is 23.8. The first-order valence-electron chi connectivity index (χ1n) is 33.0. The summed E-state index contributed by atoms with van der Waals surface area (Å²) < 4.78 is 57.2. The van der Waals surface area contributed by atoms with Gasteiger partial charge < -0.3 is 66.5 Å². The van der Waals surface area contributed by atoms with Gasteiger partial charge in [-0.15, -0.1) is 0 Å². The molecule has 11 atom stereocenters. The van der Waals surface area contributed by atoms with E-state index in [4.69, 9.17) is 15.2 Å². The molecule has 9 N–H and O–H groups in total. The van der Waals surface area contributed by atoms with Crippen LogP contribution in [0.2, 0.25) is 0 Å². The second-order valence-electron chi connectivity index (χ2n) is 26.3. The maximum atomic E-state index is 16.1. The largest absolute Gasteiger partial charge is 0.497 e. The normalized spacial score (nSPS) is 25.9. The third-order valence-electron chi connectivity index (χ3n) is 19.1. The number of primary amides is 1. The van der Waals surface area contributed by atoms with E-state index >= 15 is 23.2 Å². The average Bonchev–Trinajstić information content (AvgIpc) is 1.61. The number of Topliss-reactive ketones (excluding diaryl/α,β-unsaturated/α-hetero) is 3. The summed E-state index contributed by atoms with van der Waals surface area (Å²) in [6.07, 6.45) is -2.48. The Balaban J connectivity index is 1.05. The van der Waals surface area contributed by atoms with Gasteiger partial charge in [0.2, 0.25) is 47.3 Å². The van der Waals surface area contributed by atoms with E-state index in [1.54, 1.807) is 67.6 Å². The number of ketones is 3. The van der Waals surface area contributed by atoms with Crippen molar-refractivity contribution < 1.29 is 80.5 Å². The fraction of sp³-hybridized carbons (Fsp3) is 0.458. The molecule has 2 saturated heterocycles. The number of fused-ring (bicyclic) bond motifs is 30. The van der Waals surface area contributed by atoms with Crippen molar-refractivity contribution in [1.82, 2.24) is 41.4 Å². The molecule has 5 aliphatic rings. The molecule has 0 unspecified atom stereocenters. The van der Waals surface area contributed by atoms with E-state index in [1.165, 1.54) is 69.3 Å². The van der Waals surface area contributed by atoms with Gasteiger partial charge in [0.25, 0.3) is 0 Å². The summed E-state index contributed by atoms with van der Waals surface area (Å²) in [6.45, 7) is 4.79. The number of nitrogens with zero attached hydrogens (tertiary/aromatic N) is 2. The van der Waals surface area contributed by atoms with E-state index in [2.05, 4.69) is 31.6 Å². The maximum Gasteiger partial charge on any atom is 0.246 e. The Labute approximate surface area is 564 Å². The summed E-state index contributed by atoms with van der Waals surface area (Å²) in [4.78, 5) is 163. The second-order valence-corrected chi connectivity index (χ2v) is 26.3. The number of allylic oxidation sites excluding steroid dienone is 1. The Hall–Kier alpha value is -9.72. The van der Waals surface area contributed by atoms with Crippen LogP contribution in [-0.2, 0) is 78.4 Å². The summed E-state index contributed by atoms with van der Waals surface area (Å²) in [5.41, 5.74) is 7.90. The Bertz CT molecular complexity index is 3880. The lowest BCUT2D eigenvalue weighted by Gasteiger charge is -2.37. The number of benzene rings is 4. The first-order chi connectivity index (χ1) is 46.7. The molecular weight excluding hydrogens is 1270 g/mol. The van der Waals surface area contributed by atoms with Crippen molar-refractivity contribution >= 4 is 81.1 Å². The van der Waals surface area contributed by atoms with Crippen LogP contribution in [0, 0.1) is 29.4 Å². The molecule has 5 aromatic rings. The van der Waals surface area contributed by atoms with Gasteiger partial charge in [0.1, 0.15) is 65.9 Å². The van der Waals surface area contributed by atoms with Gasteiger partial charge in [0.15, 0.2) is 11.6 Å². The molecule has 23 nitrogen and oxygen atoms in total. The summed E-state index contributed by atoms with van der Waals surface area (Å²) >= 11 is 0. The number of hydrogen-bond acceptors (Lipinski definition) is 14. The van der Waals surface area contributed by atoms with E-state index in [0.29, 0.717) is 68.6 Å². The number of amides is 8. The highest BCUT2D eigenvalue weighted by molar-refractivity contribution is 6.01. The number of aromatic nitrogens is 1. The molecule has 0 radical (unpaired) electrons. The van der Waals surface area contributed by atoms with Crippen LogP contribution in [0.15, 0.2) is 97.2 Å². The van der Waals surface area contributed by atoms with Gasteiger partial charge in [0.05, 0.1) is 37.9 Å². The van der Waals surface area contributed by atoms with Crippen molar-refractivity contribution in [3.05, 3.63) is 137 Å². The Morgan fingerprint density at radius 3 is 2.20 bits per heavy atom. The third-order valence-corrected chi connectivity index (χ3v) is 19.1. The van der Waals surface area contributed by atoms with E-state index in [-0.39, 0.29) is 83.3 Å². The molecule has 8 amide bonds. The lowest BCUT2D eigenvalue weighted by molar-refractivity contribution is -0.147. The number of nitrogens with one attached hydrogen (secondary N) is 6. The van der Waals surface area contributed by atoms with Crippen LogP contribution in [0.3, 0.4) is 0 Å². The first kappa shape index (κ1) is 72.5. The predicted molar refractivity (Wildman–Crippen MR) is 353 cm³/mol. The minimum Gasteiger partial charge on any atom is -0.497 e. The number of aromatic amines is 1. The fourth-order valence-electron chi connectivity index (χ4n) is 13.5. The van der Waals surface area contributed by atoms with Crippen LogP contribution in [-0.4, -0.2) is 166 Å². The molecule has 26 heteroatoms. The van der Waals surface area contributed by atoms with Gasteiger partial charge in [0, 0.05) is 86.3 Å². The first-order valence-corrected chi connectivity index (χ1v) is 33.0. The highest BCUT2D eigenvalue weighted by Gasteiger charge is 2.49. The lowest BCUT2D eigenvalue weighted by atomic mass is 9.84.